The molecule has 11 rings (SSSR count). The van der Waals surface area contributed by atoms with Gasteiger partial charge in [0.2, 0.25) is 0 Å². The molecule has 1 N–H and O–H groups in total. The summed E-state index contributed by atoms with van der Waals surface area (Å²) in [4.78, 5) is 0. The smallest absolute Gasteiger partial charge is 0.122 e. The monoisotopic (exact) mass is 1050 g/mol. The van der Waals surface area contributed by atoms with Gasteiger partial charge in [0.15, 0.2) is 0 Å². The van der Waals surface area contributed by atoms with Gasteiger partial charge < -0.3 is 57.2 Å². The zero-order valence-corrected chi connectivity index (χ0v) is 45.6. The maximum atomic E-state index is 9.80. The maximum Gasteiger partial charge on any atom is 0.122 e. The van der Waals surface area contributed by atoms with Crippen LogP contribution in [-0.4, -0.2) is 114 Å². The van der Waals surface area contributed by atoms with Crippen LogP contribution in [0.15, 0.2) is 121 Å². The highest BCUT2D eigenvalue weighted by Crippen LogP contribution is 2.43. The van der Waals surface area contributed by atoms with Crippen molar-refractivity contribution in [1.29, 1.82) is 0 Å². The van der Waals surface area contributed by atoms with Crippen LogP contribution >= 0.6 is 0 Å². The molecular weight excluding hydrogens is 973 g/mol. The normalized spacial score (nSPS) is 20.7. The predicted octanol–water partition coefficient (Wildman–Crippen LogP) is 10.5. The SMILES string of the molecule is CC(O)COc1ccc(C(C)(C)c2ccc(OCC3CO3)c(Cc3cc(C(C)(C)c4ccc(OCC5CO5)cc4Cc4cc(OCC5CO5)ccc4C(C)(C)c4ccc(OCC5CO5)cc4)ccc3OCC3CO3)c2)cc1. The first-order chi connectivity index (χ1) is 37.1. The third-order valence-corrected chi connectivity index (χ3v) is 15.6. The number of ether oxygens (including phenoxy) is 11. The molecule has 12 nitrogen and oxygen atoms in total. The fraction of sp³-hybridized carbons (Fsp3) is 0.446. The molecular formula is C65H74O12. The Morgan fingerprint density at radius 3 is 1.13 bits per heavy atom. The summed E-state index contributed by atoms with van der Waals surface area (Å²) in [6.45, 7) is 21.8. The zero-order valence-electron chi connectivity index (χ0n) is 45.6. The fourth-order valence-electron chi connectivity index (χ4n) is 10.1. The van der Waals surface area contributed by atoms with Crippen molar-refractivity contribution >= 4 is 0 Å². The molecule has 0 spiro atoms. The Kier molecular flexibility index (Phi) is 15.3. The summed E-state index contributed by atoms with van der Waals surface area (Å²) in [7, 11) is 0. The number of rotatable bonds is 28. The molecule has 5 saturated heterocycles. The van der Waals surface area contributed by atoms with Crippen LogP contribution in [0.3, 0.4) is 0 Å². The van der Waals surface area contributed by atoms with E-state index in [1.807, 2.05) is 12.1 Å². The number of benzene rings is 6. The van der Waals surface area contributed by atoms with Crippen LogP contribution in [-0.2, 0) is 52.8 Å². The zero-order chi connectivity index (χ0) is 53.3. The van der Waals surface area contributed by atoms with Gasteiger partial charge in [0.25, 0.3) is 0 Å². The second-order valence-corrected chi connectivity index (χ2v) is 23.1. The van der Waals surface area contributed by atoms with Gasteiger partial charge >= 0.3 is 0 Å². The molecule has 0 amide bonds. The first kappa shape index (κ1) is 52.9. The third-order valence-electron chi connectivity index (χ3n) is 15.6. The molecule has 0 radical (unpaired) electrons. The average molecular weight is 1050 g/mol. The van der Waals surface area contributed by atoms with Gasteiger partial charge in [-0.1, -0.05) is 102 Å². The van der Waals surface area contributed by atoms with Crippen molar-refractivity contribution in [3.05, 3.63) is 177 Å². The van der Waals surface area contributed by atoms with E-state index in [-0.39, 0.29) is 48.0 Å². The summed E-state index contributed by atoms with van der Waals surface area (Å²) in [6, 6.07) is 43.0. The number of hydrogen-bond acceptors (Lipinski definition) is 12. The highest BCUT2D eigenvalue weighted by molar-refractivity contribution is 5.55. The van der Waals surface area contributed by atoms with E-state index < -0.39 is 11.5 Å². The van der Waals surface area contributed by atoms with Crippen molar-refractivity contribution in [2.75, 3.05) is 72.7 Å². The summed E-state index contributed by atoms with van der Waals surface area (Å²) >= 11 is 0. The molecule has 12 heteroatoms. The first-order valence-electron chi connectivity index (χ1n) is 27.4. The minimum absolute atomic E-state index is 0.0841. The van der Waals surface area contributed by atoms with Crippen molar-refractivity contribution in [2.45, 2.75) is 114 Å². The number of hydrogen-bond donors (Lipinski definition) is 1. The second-order valence-electron chi connectivity index (χ2n) is 23.1. The van der Waals surface area contributed by atoms with E-state index in [0.717, 1.165) is 86.7 Å². The van der Waals surface area contributed by atoms with E-state index in [2.05, 4.69) is 151 Å². The van der Waals surface area contributed by atoms with Crippen LogP contribution in [0.2, 0.25) is 0 Å². The largest absolute Gasteiger partial charge is 0.491 e. The van der Waals surface area contributed by atoms with Gasteiger partial charge in [-0.25, -0.2) is 0 Å². The lowest BCUT2D eigenvalue weighted by Crippen LogP contribution is -2.24. The van der Waals surface area contributed by atoms with E-state index in [1.54, 1.807) is 6.92 Å². The van der Waals surface area contributed by atoms with Crippen LogP contribution in [0.1, 0.15) is 104 Å². The third kappa shape index (κ3) is 13.4. The average Bonchev–Trinajstić information content (AvgIpc) is 4.23. The van der Waals surface area contributed by atoms with Gasteiger partial charge in [-0.05, 0) is 130 Å². The van der Waals surface area contributed by atoms with Gasteiger partial charge in [-0.3, -0.25) is 0 Å². The molecule has 6 aromatic rings. The molecule has 0 aliphatic carbocycles. The molecule has 0 saturated carbocycles. The lowest BCUT2D eigenvalue weighted by Gasteiger charge is -2.32. The van der Waals surface area contributed by atoms with E-state index in [9.17, 15) is 5.11 Å². The van der Waals surface area contributed by atoms with Crippen LogP contribution in [0, 0.1) is 0 Å². The molecule has 77 heavy (non-hydrogen) atoms. The summed E-state index contributed by atoms with van der Waals surface area (Å²) in [5.74, 6) is 4.81. The summed E-state index contributed by atoms with van der Waals surface area (Å²) in [6.07, 6.45) is 1.24. The molecule has 406 valence electrons. The number of epoxide rings is 5. The minimum Gasteiger partial charge on any atom is -0.491 e. The molecule has 0 aromatic heterocycles. The predicted molar refractivity (Wildman–Crippen MR) is 294 cm³/mol. The topological polar surface area (TPSA) is 138 Å². The molecule has 6 aromatic carbocycles. The Labute approximate surface area is 453 Å². The Balaban J connectivity index is 0.946. The second kappa shape index (κ2) is 22.3. The first-order valence-corrected chi connectivity index (χ1v) is 27.4. The van der Waals surface area contributed by atoms with Crippen molar-refractivity contribution in [3.63, 3.8) is 0 Å². The standard InChI is InChI=1S/C65H74O12/c1-41(66)30-67-50-14-8-46(9-15-50)63(2,3)48-12-22-61(76-39-57-37-74-57)44(26-48)25-45-27-49(13-23-62(45)77-40-58-38-75-58)65(6,7)60-21-19-53(70-33-56-36-73-56)29-43(60)24-42-28-52(69-32-55-35-72-55)18-20-59(42)64(4,5)47-10-16-51(17-11-47)68-31-54-34-71-54/h8-23,26-29,41,54-58,66H,24-25,30-40H2,1-7H3. The van der Waals surface area contributed by atoms with Gasteiger partial charge in [0, 0.05) is 22.7 Å². The van der Waals surface area contributed by atoms with Crippen LogP contribution in [0.25, 0.3) is 0 Å². The summed E-state index contributed by atoms with van der Waals surface area (Å²) in [5.41, 5.74) is 10.2. The van der Waals surface area contributed by atoms with Gasteiger partial charge in [0.05, 0.1) is 39.1 Å². The summed E-state index contributed by atoms with van der Waals surface area (Å²) in [5, 5.41) is 9.80. The van der Waals surface area contributed by atoms with Crippen molar-refractivity contribution in [2.24, 2.45) is 0 Å². The van der Waals surface area contributed by atoms with E-state index >= 15 is 0 Å². The van der Waals surface area contributed by atoms with Crippen molar-refractivity contribution < 1.29 is 57.2 Å². The molecule has 6 atom stereocenters. The Morgan fingerprint density at radius 2 is 0.714 bits per heavy atom. The Bertz CT molecular complexity index is 2980. The summed E-state index contributed by atoms with van der Waals surface area (Å²) < 4.78 is 65.6. The number of aliphatic hydroxyl groups excluding tert-OH is 1. The van der Waals surface area contributed by atoms with E-state index in [0.29, 0.717) is 65.7 Å². The van der Waals surface area contributed by atoms with Crippen molar-refractivity contribution in [3.8, 4) is 34.5 Å². The van der Waals surface area contributed by atoms with Crippen LogP contribution < -0.4 is 28.4 Å². The molecule has 0 bridgehead atoms. The molecule has 5 aliphatic rings. The highest BCUT2D eigenvalue weighted by Gasteiger charge is 2.34. The molecule has 5 aliphatic heterocycles. The Hall–Kier alpha value is -6.12. The molecule has 6 unspecified atom stereocenters. The van der Waals surface area contributed by atoms with Crippen molar-refractivity contribution in [1.82, 2.24) is 0 Å². The molecule has 5 heterocycles. The quantitative estimate of drug-likeness (QED) is 0.0468. The van der Waals surface area contributed by atoms with E-state index in [4.69, 9.17) is 52.1 Å². The van der Waals surface area contributed by atoms with Gasteiger partial charge in [-0.15, -0.1) is 0 Å². The lowest BCUT2D eigenvalue weighted by atomic mass is 9.72. The number of aliphatic hydroxyl groups is 1. The van der Waals surface area contributed by atoms with Gasteiger partial charge in [-0.2, -0.15) is 0 Å². The van der Waals surface area contributed by atoms with Crippen LogP contribution in [0.4, 0.5) is 0 Å². The van der Waals surface area contributed by atoms with E-state index in [1.165, 1.54) is 16.7 Å². The molecule has 5 fully saturated rings. The van der Waals surface area contributed by atoms with Gasteiger partial charge in [0.1, 0.15) is 105 Å². The Morgan fingerprint density at radius 1 is 0.390 bits per heavy atom. The fourth-order valence-corrected chi connectivity index (χ4v) is 10.1. The highest BCUT2D eigenvalue weighted by atomic mass is 16.6. The lowest BCUT2D eigenvalue weighted by molar-refractivity contribution is 0.122. The van der Waals surface area contributed by atoms with Crippen LogP contribution in [0.5, 0.6) is 34.5 Å². The maximum absolute atomic E-state index is 9.80. The minimum atomic E-state index is -0.550.